The third-order valence-electron chi connectivity index (χ3n) is 4.55. The number of aromatic nitrogens is 4. The molecule has 0 radical (unpaired) electrons. The molecule has 3 aromatic heterocycles. The van der Waals surface area contributed by atoms with Crippen molar-refractivity contribution in [2.45, 2.75) is 36.2 Å². The molecule has 0 amide bonds. The van der Waals surface area contributed by atoms with Gasteiger partial charge in [-0.3, -0.25) is 0 Å². The number of hydrogen-bond acceptors (Lipinski definition) is 6. The summed E-state index contributed by atoms with van der Waals surface area (Å²) in [6.07, 6.45) is 4.40. The number of thioether (sulfide) groups is 1. The van der Waals surface area contributed by atoms with Crippen LogP contribution < -0.4 is 0 Å². The van der Waals surface area contributed by atoms with E-state index < -0.39 is 0 Å². The van der Waals surface area contributed by atoms with Gasteiger partial charge in [0.15, 0.2) is 5.16 Å². The normalized spacial score (nSPS) is 15.1. The standard InChI is InChI=1S/C20H18N4OS2/c1-13(18-22-23-19(25-18)17-8-5-11-26-17)27-20-21-12-16(24(20)15-9-10-15)14-6-3-2-4-7-14/h2-8,11-13,15H,9-10H2,1H3. The Kier molecular flexibility index (Phi) is 4.33. The Bertz CT molecular complexity index is 1040. The molecule has 1 aliphatic carbocycles. The van der Waals surface area contributed by atoms with Gasteiger partial charge < -0.3 is 8.98 Å². The number of nitrogens with zero attached hydrogens (tertiary/aromatic N) is 4. The number of hydrogen-bond donors (Lipinski definition) is 0. The number of imidazole rings is 1. The van der Waals surface area contributed by atoms with Crippen molar-refractivity contribution in [1.29, 1.82) is 0 Å². The van der Waals surface area contributed by atoms with E-state index >= 15 is 0 Å². The average Bonchev–Trinajstić information content (AvgIpc) is 3.11. The van der Waals surface area contributed by atoms with Crippen molar-refractivity contribution in [3.05, 3.63) is 59.9 Å². The molecule has 5 rings (SSSR count). The fourth-order valence-corrected chi connectivity index (χ4v) is 4.68. The first-order chi connectivity index (χ1) is 13.3. The second-order valence-electron chi connectivity index (χ2n) is 6.58. The third kappa shape index (κ3) is 3.33. The van der Waals surface area contributed by atoms with Crippen LogP contribution in [-0.4, -0.2) is 19.7 Å². The first kappa shape index (κ1) is 16.8. The van der Waals surface area contributed by atoms with Gasteiger partial charge in [-0.1, -0.05) is 48.2 Å². The van der Waals surface area contributed by atoms with Gasteiger partial charge in [0.05, 0.1) is 22.0 Å². The molecule has 0 N–H and O–H groups in total. The van der Waals surface area contributed by atoms with Crippen LogP contribution in [0.3, 0.4) is 0 Å². The van der Waals surface area contributed by atoms with Gasteiger partial charge in [0, 0.05) is 6.04 Å². The van der Waals surface area contributed by atoms with Crippen molar-refractivity contribution >= 4 is 23.1 Å². The Morgan fingerprint density at radius 3 is 2.74 bits per heavy atom. The molecule has 0 spiro atoms. The predicted octanol–water partition coefficient (Wildman–Crippen LogP) is 5.85. The topological polar surface area (TPSA) is 56.7 Å². The molecular weight excluding hydrogens is 376 g/mol. The molecule has 1 atom stereocenters. The quantitative estimate of drug-likeness (QED) is 0.384. The Hall–Kier alpha value is -2.38. The fraction of sp³-hybridized carbons (Fsp3) is 0.250. The Labute approximate surface area is 165 Å². The van der Waals surface area contributed by atoms with E-state index in [-0.39, 0.29) is 5.25 Å². The monoisotopic (exact) mass is 394 g/mol. The van der Waals surface area contributed by atoms with Crippen molar-refractivity contribution in [1.82, 2.24) is 19.7 Å². The second-order valence-corrected chi connectivity index (χ2v) is 8.83. The van der Waals surface area contributed by atoms with Gasteiger partial charge in [-0.2, -0.15) is 0 Å². The van der Waals surface area contributed by atoms with E-state index in [1.165, 1.54) is 24.1 Å². The summed E-state index contributed by atoms with van der Waals surface area (Å²) >= 11 is 3.28. The predicted molar refractivity (Wildman–Crippen MR) is 108 cm³/mol. The van der Waals surface area contributed by atoms with Crippen LogP contribution >= 0.6 is 23.1 Å². The molecule has 1 fully saturated rings. The van der Waals surface area contributed by atoms with Gasteiger partial charge in [0.2, 0.25) is 5.89 Å². The largest absolute Gasteiger partial charge is 0.419 e. The summed E-state index contributed by atoms with van der Waals surface area (Å²) in [5.74, 6) is 1.22. The summed E-state index contributed by atoms with van der Waals surface area (Å²) in [6, 6.07) is 15.0. The third-order valence-corrected chi connectivity index (χ3v) is 6.47. The molecule has 5 nitrogen and oxygen atoms in total. The molecule has 1 unspecified atom stereocenters. The number of benzene rings is 1. The van der Waals surface area contributed by atoms with Crippen molar-refractivity contribution in [3.63, 3.8) is 0 Å². The van der Waals surface area contributed by atoms with E-state index in [1.807, 2.05) is 29.8 Å². The number of thiophene rings is 1. The van der Waals surface area contributed by atoms with Crippen LogP contribution in [0.25, 0.3) is 22.0 Å². The molecule has 3 heterocycles. The Morgan fingerprint density at radius 2 is 2.00 bits per heavy atom. The highest BCUT2D eigenvalue weighted by atomic mass is 32.2. The number of rotatable bonds is 6. The summed E-state index contributed by atoms with van der Waals surface area (Å²) in [7, 11) is 0. The summed E-state index contributed by atoms with van der Waals surface area (Å²) in [5.41, 5.74) is 2.38. The zero-order valence-electron chi connectivity index (χ0n) is 14.8. The SMILES string of the molecule is CC(Sc1ncc(-c2ccccc2)n1C1CC1)c1nnc(-c2cccs2)o1. The van der Waals surface area contributed by atoms with Crippen LogP contribution in [0.5, 0.6) is 0 Å². The van der Waals surface area contributed by atoms with E-state index in [1.54, 1.807) is 23.1 Å². The molecular formula is C20H18N4OS2. The molecule has 1 aromatic carbocycles. The molecule has 136 valence electrons. The van der Waals surface area contributed by atoms with E-state index in [2.05, 4.69) is 46.0 Å². The van der Waals surface area contributed by atoms with Crippen LogP contribution in [0, 0.1) is 0 Å². The maximum Gasteiger partial charge on any atom is 0.257 e. The van der Waals surface area contributed by atoms with Crippen molar-refractivity contribution in [3.8, 4) is 22.0 Å². The first-order valence-electron chi connectivity index (χ1n) is 8.96. The lowest BCUT2D eigenvalue weighted by atomic mass is 10.2. The molecule has 0 aliphatic heterocycles. The van der Waals surface area contributed by atoms with E-state index in [0.717, 1.165) is 10.0 Å². The van der Waals surface area contributed by atoms with E-state index in [0.29, 0.717) is 17.8 Å². The lowest BCUT2D eigenvalue weighted by Crippen LogP contribution is -2.00. The van der Waals surface area contributed by atoms with Crippen molar-refractivity contribution < 1.29 is 4.42 Å². The van der Waals surface area contributed by atoms with Crippen molar-refractivity contribution in [2.24, 2.45) is 0 Å². The zero-order chi connectivity index (χ0) is 18.2. The molecule has 4 aromatic rings. The van der Waals surface area contributed by atoms with E-state index in [9.17, 15) is 0 Å². The zero-order valence-corrected chi connectivity index (χ0v) is 16.4. The Morgan fingerprint density at radius 1 is 1.15 bits per heavy atom. The molecule has 7 heteroatoms. The highest BCUT2D eigenvalue weighted by Gasteiger charge is 2.30. The average molecular weight is 395 g/mol. The van der Waals surface area contributed by atoms with Crippen LogP contribution in [0.1, 0.15) is 36.9 Å². The molecule has 1 saturated carbocycles. The summed E-state index contributed by atoms with van der Waals surface area (Å²) in [6.45, 7) is 2.09. The first-order valence-corrected chi connectivity index (χ1v) is 10.7. The van der Waals surface area contributed by atoms with Gasteiger partial charge in [0.1, 0.15) is 0 Å². The minimum Gasteiger partial charge on any atom is -0.419 e. The second kappa shape index (κ2) is 6.98. The van der Waals surface area contributed by atoms with Gasteiger partial charge in [-0.25, -0.2) is 4.98 Å². The molecule has 0 bridgehead atoms. The highest BCUT2D eigenvalue weighted by molar-refractivity contribution is 7.99. The minimum atomic E-state index is 0.0368. The smallest absolute Gasteiger partial charge is 0.257 e. The molecule has 1 aliphatic rings. The maximum absolute atomic E-state index is 5.90. The minimum absolute atomic E-state index is 0.0368. The summed E-state index contributed by atoms with van der Waals surface area (Å²) < 4.78 is 8.27. The lowest BCUT2D eigenvalue weighted by molar-refractivity contribution is 0.509. The maximum atomic E-state index is 5.90. The highest BCUT2D eigenvalue weighted by Crippen LogP contribution is 2.44. The van der Waals surface area contributed by atoms with Crippen molar-refractivity contribution in [2.75, 3.05) is 0 Å². The van der Waals surface area contributed by atoms with Crippen LogP contribution in [0.2, 0.25) is 0 Å². The van der Waals surface area contributed by atoms with Gasteiger partial charge >= 0.3 is 0 Å². The fourth-order valence-electron chi connectivity index (χ4n) is 3.05. The molecule has 27 heavy (non-hydrogen) atoms. The van der Waals surface area contributed by atoms with Gasteiger partial charge in [-0.05, 0) is 36.8 Å². The van der Waals surface area contributed by atoms with Crippen LogP contribution in [-0.2, 0) is 0 Å². The summed E-state index contributed by atoms with van der Waals surface area (Å²) in [4.78, 5) is 5.71. The molecule has 0 saturated heterocycles. The van der Waals surface area contributed by atoms with E-state index in [4.69, 9.17) is 9.40 Å². The van der Waals surface area contributed by atoms with Gasteiger partial charge in [-0.15, -0.1) is 21.5 Å². The van der Waals surface area contributed by atoms with Crippen LogP contribution in [0.4, 0.5) is 0 Å². The summed E-state index contributed by atoms with van der Waals surface area (Å²) in [5, 5.41) is 11.5. The van der Waals surface area contributed by atoms with Crippen LogP contribution in [0.15, 0.2) is 63.6 Å². The Balaban J connectivity index is 1.42. The van der Waals surface area contributed by atoms with Gasteiger partial charge in [0.25, 0.3) is 5.89 Å². The lowest BCUT2D eigenvalue weighted by Gasteiger charge is -2.12.